The van der Waals surface area contributed by atoms with Gasteiger partial charge in [0.15, 0.2) is 0 Å². The van der Waals surface area contributed by atoms with Crippen LogP contribution in [0.3, 0.4) is 0 Å². The van der Waals surface area contributed by atoms with Crippen LogP contribution in [0.25, 0.3) is 0 Å². The van der Waals surface area contributed by atoms with E-state index < -0.39 is 0 Å². The molecule has 0 saturated carbocycles. The minimum Gasteiger partial charge on any atom is -0.352 e. The zero-order valence-corrected chi connectivity index (χ0v) is 13.0. The molecule has 0 aliphatic carbocycles. The second kappa shape index (κ2) is 7.07. The Morgan fingerprint density at radius 1 is 1.29 bits per heavy atom. The number of nitrogens with one attached hydrogen (secondary N) is 1. The third kappa shape index (κ3) is 4.18. The molecular weight excluding hydrogens is 262 g/mol. The Morgan fingerprint density at radius 2 is 2.10 bits per heavy atom. The maximum absolute atomic E-state index is 12.1. The van der Waals surface area contributed by atoms with E-state index >= 15 is 0 Å². The normalized spacial score (nSPS) is 10.6. The maximum Gasteiger partial charge on any atom is 0.251 e. The number of rotatable bonds is 6. The quantitative estimate of drug-likeness (QED) is 0.829. The lowest BCUT2D eigenvalue weighted by Crippen LogP contribution is -2.24. The molecule has 0 saturated heterocycles. The minimum atomic E-state index is -0.00123. The molecule has 1 amide bonds. The molecule has 0 spiro atoms. The molecule has 0 atom stereocenters. The number of nitrogens with zero attached hydrogens (tertiary/aromatic N) is 2. The molecule has 0 fully saturated rings. The Hall–Kier alpha value is -2.10. The van der Waals surface area contributed by atoms with Gasteiger partial charge in [-0.05, 0) is 44.0 Å². The topological polar surface area (TPSA) is 46.9 Å². The highest BCUT2D eigenvalue weighted by Crippen LogP contribution is 2.10. The fourth-order valence-electron chi connectivity index (χ4n) is 2.30. The molecule has 2 rings (SSSR count). The number of hydrogen-bond acceptors (Lipinski definition) is 2. The summed E-state index contributed by atoms with van der Waals surface area (Å²) >= 11 is 0. The number of aromatic nitrogens is 2. The standard InChI is InChI=1S/C17H23N3O/c1-4-5-9-18-17(21)16-8-6-7-15(11-16)12-20-14(3)10-13(2)19-20/h6-8,10-11H,4-5,9,12H2,1-3H3,(H,18,21). The van der Waals surface area contributed by atoms with Gasteiger partial charge >= 0.3 is 0 Å². The third-order valence-corrected chi connectivity index (χ3v) is 3.44. The van der Waals surface area contributed by atoms with Gasteiger partial charge in [-0.3, -0.25) is 9.48 Å². The number of benzene rings is 1. The van der Waals surface area contributed by atoms with E-state index in [1.54, 1.807) is 0 Å². The van der Waals surface area contributed by atoms with E-state index in [4.69, 9.17) is 0 Å². The predicted molar refractivity (Wildman–Crippen MR) is 84.5 cm³/mol. The van der Waals surface area contributed by atoms with Crippen molar-refractivity contribution in [2.24, 2.45) is 0 Å². The lowest BCUT2D eigenvalue weighted by atomic mass is 10.1. The van der Waals surface area contributed by atoms with Crippen molar-refractivity contribution in [3.63, 3.8) is 0 Å². The van der Waals surface area contributed by atoms with Crippen LogP contribution in [0.5, 0.6) is 0 Å². The van der Waals surface area contributed by atoms with Gasteiger partial charge in [0.2, 0.25) is 0 Å². The first kappa shape index (κ1) is 15.3. The SMILES string of the molecule is CCCCNC(=O)c1cccc(Cn2nc(C)cc2C)c1. The molecule has 2 aromatic rings. The maximum atomic E-state index is 12.1. The van der Waals surface area contributed by atoms with E-state index in [9.17, 15) is 4.79 Å². The number of aryl methyl sites for hydroxylation is 2. The van der Waals surface area contributed by atoms with Gasteiger partial charge in [0.1, 0.15) is 0 Å². The number of carbonyl (C=O) groups is 1. The van der Waals surface area contributed by atoms with Crippen LogP contribution >= 0.6 is 0 Å². The Balaban J connectivity index is 2.07. The van der Waals surface area contributed by atoms with Crippen molar-refractivity contribution < 1.29 is 4.79 Å². The highest BCUT2D eigenvalue weighted by atomic mass is 16.1. The molecule has 0 radical (unpaired) electrons. The Kier molecular flexibility index (Phi) is 5.14. The smallest absolute Gasteiger partial charge is 0.251 e. The number of carbonyl (C=O) groups excluding carboxylic acids is 1. The molecule has 21 heavy (non-hydrogen) atoms. The molecule has 0 aliphatic heterocycles. The summed E-state index contributed by atoms with van der Waals surface area (Å²) in [6, 6.07) is 9.81. The summed E-state index contributed by atoms with van der Waals surface area (Å²) in [6.45, 7) is 7.57. The van der Waals surface area contributed by atoms with Gasteiger partial charge < -0.3 is 5.32 Å². The van der Waals surface area contributed by atoms with Crippen LogP contribution in [0.1, 0.15) is 47.1 Å². The molecule has 1 heterocycles. The molecule has 112 valence electrons. The van der Waals surface area contributed by atoms with Gasteiger partial charge in [0, 0.05) is 17.8 Å². The fourth-order valence-corrected chi connectivity index (χ4v) is 2.30. The van der Waals surface area contributed by atoms with E-state index in [0.29, 0.717) is 12.1 Å². The molecule has 1 aromatic heterocycles. The first-order valence-electron chi connectivity index (χ1n) is 7.48. The highest BCUT2D eigenvalue weighted by Gasteiger charge is 2.07. The van der Waals surface area contributed by atoms with Crippen molar-refractivity contribution in [3.05, 3.63) is 52.8 Å². The number of amides is 1. The largest absolute Gasteiger partial charge is 0.352 e. The molecule has 4 nitrogen and oxygen atoms in total. The highest BCUT2D eigenvalue weighted by molar-refractivity contribution is 5.94. The number of unbranched alkanes of at least 4 members (excludes halogenated alkanes) is 1. The van der Waals surface area contributed by atoms with E-state index in [-0.39, 0.29) is 5.91 Å². The van der Waals surface area contributed by atoms with Crippen molar-refractivity contribution in [1.29, 1.82) is 0 Å². The second-order valence-corrected chi connectivity index (χ2v) is 5.39. The van der Waals surface area contributed by atoms with Gasteiger partial charge in [-0.2, -0.15) is 5.10 Å². The third-order valence-electron chi connectivity index (χ3n) is 3.44. The van der Waals surface area contributed by atoms with Crippen LogP contribution in [-0.4, -0.2) is 22.2 Å². The average molecular weight is 285 g/mol. The van der Waals surface area contributed by atoms with Crippen molar-refractivity contribution in [1.82, 2.24) is 15.1 Å². The zero-order chi connectivity index (χ0) is 15.2. The van der Waals surface area contributed by atoms with Crippen LogP contribution in [0.2, 0.25) is 0 Å². The van der Waals surface area contributed by atoms with Crippen LogP contribution in [0, 0.1) is 13.8 Å². The van der Waals surface area contributed by atoms with Gasteiger partial charge in [-0.1, -0.05) is 25.5 Å². The van der Waals surface area contributed by atoms with Crippen molar-refractivity contribution >= 4 is 5.91 Å². The van der Waals surface area contributed by atoms with E-state index in [1.165, 1.54) is 0 Å². The number of hydrogen-bond donors (Lipinski definition) is 1. The lowest BCUT2D eigenvalue weighted by Gasteiger charge is -2.08. The Morgan fingerprint density at radius 3 is 2.76 bits per heavy atom. The van der Waals surface area contributed by atoms with Crippen LogP contribution in [0.15, 0.2) is 30.3 Å². The predicted octanol–water partition coefficient (Wildman–Crippen LogP) is 3.08. The first-order chi connectivity index (χ1) is 10.1. The molecular formula is C17H23N3O. The van der Waals surface area contributed by atoms with Crippen LogP contribution in [0.4, 0.5) is 0 Å². The first-order valence-corrected chi connectivity index (χ1v) is 7.48. The summed E-state index contributed by atoms with van der Waals surface area (Å²) < 4.78 is 1.96. The summed E-state index contributed by atoms with van der Waals surface area (Å²) in [6.07, 6.45) is 2.09. The summed E-state index contributed by atoms with van der Waals surface area (Å²) in [4.78, 5) is 12.1. The van der Waals surface area contributed by atoms with Crippen LogP contribution in [-0.2, 0) is 6.54 Å². The molecule has 4 heteroatoms. The van der Waals surface area contributed by atoms with Crippen molar-refractivity contribution in [2.45, 2.75) is 40.2 Å². The molecule has 0 unspecified atom stereocenters. The van der Waals surface area contributed by atoms with Gasteiger partial charge in [0.25, 0.3) is 5.91 Å². The van der Waals surface area contributed by atoms with Crippen molar-refractivity contribution in [3.8, 4) is 0 Å². The Labute approximate surface area is 126 Å². The van der Waals surface area contributed by atoms with Crippen LogP contribution < -0.4 is 5.32 Å². The van der Waals surface area contributed by atoms with Gasteiger partial charge in [-0.25, -0.2) is 0 Å². The van der Waals surface area contributed by atoms with E-state index in [1.807, 2.05) is 42.8 Å². The van der Waals surface area contributed by atoms with Crippen molar-refractivity contribution in [2.75, 3.05) is 6.54 Å². The zero-order valence-electron chi connectivity index (χ0n) is 13.0. The van der Waals surface area contributed by atoms with Gasteiger partial charge in [0.05, 0.1) is 12.2 Å². The monoisotopic (exact) mass is 285 g/mol. The summed E-state index contributed by atoms with van der Waals surface area (Å²) in [5.74, 6) is -0.00123. The van der Waals surface area contributed by atoms with E-state index in [0.717, 1.165) is 36.3 Å². The van der Waals surface area contributed by atoms with E-state index in [2.05, 4.69) is 23.4 Å². The fraction of sp³-hybridized carbons (Fsp3) is 0.412. The summed E-state index contributed by atoms with van der Waals surface area (Å²) in [5, 5.41) is 7.40. The second-order valence-electron chi connectivity index (χ2n) is 5.39. The summed E-state index contributed by atoms with van der Waals surface area (Å²) in [5.41, 5.74) is 3.95. The Bertz CT molecular complexity index is 616. The molecule has 0 aliphatic rings. The molecule has 0 bridgehead atoms. The minimum absolute atomic E-state index is 0.00123. The molecule has 1 N–H and O–H groups in total. The summed E-state index contributed by atoms with van der Waals surface area (Å²) in [7, 11) is 0. The average Bonchev–Trinajstić information content (AvgIpc) is 2.77. The lowest BCUT2D eigenvalue weighted by molar-refractivity contribution is 0.0953. The van der Waals surface area contributed by atoms with Gasteiger partial charge in [-0.15, -0.1) is 0 Å². The molecule has 1 aromatic carbocycles.